The molecule has 6 nitrogen and oxygen atoms in total. The van der Waals surface area contributed by atoms with Gasteiger partial charge in [0.05, 0.1) is 17.4 Å². The van der Waals surface area contributed by atoms with Crippen molar-refractivity contribution in [2.24, 2.45) is 0 Å². The van der Waals surface area contributed by atoms with Crippen LogP contribution in [0.25, 0.3) is 28.0 Å². The molecule has 31 heavy (non-hydrogen) atoms. The van der Waals surface area contributed by atoms with Crippen LogP contribution < -0.4 is 0 Å². The van der Waals surface area contributed by atoms with Crippen LogP contribution in [0.2, 0.25) is 0 Å². The van der Waals surface area contributed by atoms with Crippen LogP contribution in [0, 0.1) is 6.92 Å². The number of H-pyrrole nitrogens is 1. The summed E-state index contributed by atoms with van der Waals surface area (Å²) in [6, 6.07) is 16.7. The largest absolute Gasteiger partial charge is 0.300 e. The number of benzene rings is 2. The zero-order valence-electron chi connectivity index (χ0n) is 18.1. The molecule has 2 aliphatic rings. The van der Waals surface area contributed by atoms with Gasteiger partial charge < -0.3 is 4.90 Å². The Bertz CT molecular complexity index is 1210. The average Bonchev–Trinajstić information content (AvgIpc) is 3.40. The summed E-state index contributed by atoms with van der Waals surface area (Å²) in [4.78, 5) is 2.63. The summed E-state index contributed by atoms with van der Waals surface area (Å²) < 4.78 is 1.84. The molecule has 4 heterocycles. The second kappa shape index (κ2) is 7.31. The Morgan fingerprint density at radius 3 is 2.55 bits per heavy atom. The Morgan fingerprint density at radius 2 is 1.77 bits per heavy atom. The summed E-state index contributed by atoms with van der Waals surface area (Å²) in [5, 5.41) is 17.4. The first-order valence-corrected chi connectivity index (χ1v) is 11.4. The van der Waals surface area contributed by atoms with Gasteiger partial charge >= 0.3 is 0 Å². The monoisotopic (exact) mass is 412 g/mol. The van der Waals surface area contributed by atoms with Crippen molar-refractivity contribution in [3.8, 4) is 17.1 Å². The molecule has 2 unspecified atom stereocenters. The lowest BCUT2D eigenvalue weighted by molar-refractivity contribution is 0.0555. The lowest BCUT2D eigenvalue weighted by atomic mass is 9.76. The van der Waals surface area contributed by atoms with E-state index in [9.17, 15) is 0 Å². The van der Waals surface area contributed by atoms with Crippen LogP contribution in [0.3, 0.4) is 0 Å². The molecule has 2 aromatic heterocycles. The predicted molar refractivity (Wildman–Crippen MR) is 122 cm³/mol. The van der Waals surface area contributed by atoms with Gasteiger partial charge in [-0.2, -0.15) is 5.10 Å². The number of rotatable bonds is 3. The standard InChI is InChI=1S/C25H28N6/c1-16-6-11-22-23(12-16)26-28-25(22)24-15-31(29-27-24)19-9-7-17(8-10-19)18-13-20-4-3-5-21(14-18)30(20)2/h6-12,15,18,20-21H,3-5,13-14H2,1-2H3,(H,26,28). The molecule has 2 saturated heterocycles. The molecule has 2 fully saturated rings. The van der Waals surface area contributed by atoms with Crippen molar-refractivity contribution in [3.05, 3.63) is 59.8 Å². The quantitative estimate of drug-likeness (QED) is 0.522. The van der Waals surface area contributed by atoms with E-state index >= 15 is 0 Å². The third-order valence-corrected chi connectivity index (χ3v) is 7.42. The molecule has 158 valence electrons. The molecule has 2 bridgehead atoms. The molecule has 0 aliphatic carbocycles. The van der Waals surface area contributed by atoms with Gasteiger partial charge in [0.15, 0.2) is 0 Å². The molecule has 1 N–H and O–H groups in total. The number of piperidine rings is 2. The third kappa shape index (κ3) is 3.26. The highest BCUT2D eigenvalue weighted by Gasteiger charge is 2.36. The van der Waals surface area contributed by atoms with Crippen LogP contribution in [-0.4, -0.2) is 49.2 Å². The van der Waals surface area contributed by atoms with Crippen LogP contribution >= 0.6 is 0 Å². The molecule has 0 spiro atoms. The van der Waals surface area contributed by atoms with Crippen molar-refractivity contribution in [1.29, 1.82) is 0 Å². The van der Waals surface area contributed by atoms with Gasteiger partial charge in [0.2, 0.25) is 0 Å². The topological polar surface area (TPSA) is 62.6 Å². The van der Waals surface area contributed by atoms with Crippen LogP contribution in [0.1, 0.15) is 49.1 Å². The van der Waals surface area contributed by atoms with Crippen LogP contribution in [0.4, 0.5) is 0 Å². The van der Waals surface area contributed by atoms with E-state index in [2.05, 4.69) is 81.8 Å². The Labute approximate surface area is 182 Å². The lowest BCUT2D eigenvalue weighted by Gasteiger charge is -2.47. The van der Waals surface area contributed by atoms with Gasteiger partial charge in [-0.05, 0) is 74.9 Å². The maximum Gasteiger partial charge on any atom is 0.134 e. The summed E-state index contributed by atoms with van der Waals surface area (Å²) in [5.74, 6) is 0.672. The van der Waals surface area contributed by atoms with Gasteiger partial charge in [0.25, 0.3) is 0 Å². The Kier molecular flexibility index (Phi) is 4.42. The van der Waals surface area contributed by atoms with Gasteiger partial charge in [-0.3, -0.25) is 5.10 Å². The highest BCUT2D eigenvalue weighted by Crippen LogP contribution is 2.40. The minimum atomic E-state index is 0.672. The first-order chi connectivity index (χ1) is 15.2. The van der Waals surface area contributed by atoms with Crippen LogP contribution in [0.5, 0.6) is 0 Å². The van der Waals surface area contributed by atoms with Crippen molar-refractivity contribution in [2.75, 3.05) is 7.05 Å². The number of hydrogen-bond acceptors (Lipinski definition) is 4. The lowest BCUT2D eigenvalue weighted by Crippen LogP contribution is -2.49. The fourth-order valence-corrected chi connectivity index (χ4v) is 5.61. The normalized spacial score (nSPS) is 24.0. The fraction of sp³-hybridized carbons (Fsp3) is 0.400. The van der Waals surface area contributed by atoms with E-state index in [0.29, 0.717) is 5.92 Å². The number of nitrogens with one attached hydrogen (secondary N) is 1. The number of fused-ring (bicyclic) bond motifs is 3. The van der Waals surface area contributed by atoms with E-state index in [1.807, 2.05) is 10.9 Å². The number of nitrogens with zero attached hydrogens (tertiary/aromatic N) is 5. The summed E-state index contributed by atoms with van der Waals surface area (Å²) in [7, 11) is 2.32. The van der Waals surface area contributed by atoms with E-state index in [0.717, 1.165) is 40.1 Å². The molecule has 0 radical (unpaired) electrons. The first-order valence-electron chi connectivity index (χ1n) is 11.4. The van der Waals surface area contributed by atoms with Crippen LogP contribution in [0.15, 0.2) is 48.7 Å². The summed E-state index contributed by atoms with van der Waals surface area (Å²) in [6.07, 6.45) is 8.63. The molecule has 2 aromatic carbocycles. The van der Waals surface area contributed by atoms with E-state index in [1.54, 1.807) is 0 Å². The van der Waals surface area contributed by atoms with Gasteiger partial charge in [-0.25, -0.2) is 4.68 Å². The summed E-state index contributed by atoms with van der Waals surface area (Å²) >= 11 is 0. The third-order valence-electron chi connectivity index (χ3n) is 7.42. The molecule has 0 saturated carbocycles. The highest BCUT2D eigenvalue weighted by atomic mass is 15.4. The Hall–Kier alpha value is -2.99. The molecule has 6 heteroatoms. The molecule has 4 aromatic rings. The highest BCUT2D eigenvalue weighted by molar-refractivity contribution is 5.92. The van der Waals surface area contributed by atoms with Gasteiger partial charge in [0.1, 0.15) is 11.4 Å². The predicted octanol–water partition coefficient (Wildman–Crippen LogP) is 4.85. The fourth-order valence-electron chi connectivity index (χ4n) is 5.61. The van der Waals surface area contributed by atoms with Crippen LogP contribution in [-0.2, 0) is 0 Å². The van der Waals surface area contributed by atoms with Gasteiger partial charge in [-0.1, -0.05) is 35.9 Å². The molecular weight excluding hydrogens is 384 g/mol. The SMILES string of the molecule is Cc1ccc2c(-c3cn(-c4ccc(C5CC6CCCC(C5)N6C)cc4)nn3)n[nH]c2c1. The van der Waals surface area contributed by atoms with Crippen molar-refractivity contribution in [3.63, 3.8) is 0 Å². The maximum absolute atomic E-state index is 4.48. The number of aryl methyl sites for hydroxylation is 1. The Morgan fingerprint density at radius 1 is 1.00 bits per heavy atom. The minimum Gasteiger partial charge on any atom is -0.300 e. The smallest absolute Gasteiger partial charge is 0.134 e. The van der Waals surface area contributed by atoms with Crippen molar-refractivity contribution in [1.82, 2.24) is 30.1 Å². The molecule has 2 atom stereocenters. The van der Waals surface area contributed by atoms with Crippen molar-refractivity contribution < 1.29 is 0 Å². The molecule has 6 rings (SSSR count). The summed E-state index contributed by atoms with van der Waals surface area (Å²) in [6.45, 7) is 2.08. The summed E-state index contributed by atoms with van der Waals surface area (Å²) in [5.41, 5.74) is 6.35. The zero-order chi connectivity index (χ0) is 20.9. The minimum absolute atomic E-state index is 0.672. The number of aromatic nitrogens is 5. The molecule has 0 amide bonds. The van der Waals surface area contributed by atoms with Crippen molar-refractivity contribution in [2.45, 2.75) is 57.0 Å². The second-order valence-electron chi connectivity index (χ2n) is 9.33. The van der Waals surface area contributed by atoms with Gasteiger partial charge in [-0.15, -0.1) is 5.10 Å². The average molecular weight is 413 g/mol. The molecular formula is C25H28N6. The Balaban J connectivity index is 1.24. The second-order valence-corrected chi connectivity index (χ2v) is 9.33. The number of hydrogen-bond donors (Lipinski definition) is 1. The van der Waals surface area contributed by atoms with E-state index in [1.165, 1.54) is 43.2 Å². The van der Waals surface area contributed by atoms with E-state index < -0.39 is 0 Å². The van der Waals surface area contributed by atoms with E-state index in [-0.39, 0.29) is 0 Å². The van der Waals surface area contributed by atoms with E-state index in [4.69, 9.17) is 0 Å². The zero-order valence-corrected chi connectivity index (χ0v) is 18.1. The molecule has 2 aliphatic heterocycles. The maximum atomic E-state index is 4.48. The van der Waals surface area contributed by atoms with Crippen molar-refractivity contribution >= 4 is 10.9 Å². The van der Waals surface area contributed by atoms with Gasteiger partial charge in [0, 0.05) is 17.5 Å². The first kappa shape index (κ1) is 18.8. The number of aromatic amines is 1.